The number of aromatic amines is 1. The van der Waals surface area contributed by atoms with Gasteiger partial charge in [0.05, 0.1) is 5.69 Å². The third-order valence-electron chi connectivity index (χ3n) is 5.56. The number of rotatable bonds is 7. The molecule has 29 heavy (non-hydrogen) atoms. The number of hydrogen-bond acceptors (Lipinski definition) is 5. The van der Waals surface area contributed by atoms with E-state index >= 15 is 0 Å². The highest BCUT2D eigenvalue weighted by Gasteiger charge is 2.23. The molecule has 1 N–H and O–H groups in total. The summed E-state index contributed by atoms with van der Waals surface area (Å²) in [5.41, 5.74) is 2.86. The van der Waals surface area contributed by atoms with E-state index in [2.05, 4.69) is 51.1 Å². The zero-order chi connectivity index (χ0) is 20.2. The van der Waals surface area contributed by atoms with Gasteiger partial charge in [-0.3, -0.25) is 14.4 Å². The maximum absolute atomic E-state index is 12.1. The molecule has 1 aliphatic rings. The summed E-state index contributed by atoms with van der Waals surface area (Å²) in [6.07, 6.45) is 5.55. The van der Waals surface area contributed by atoms with E-state index in [4.69, 9.17) is 0 Å². The number of hydrogen-bond donors (Lipinski definition) is 1. The lowest BCUT2D eigenvalue weighted by molar-refractivity contribution is 0.264. The number of likely N-dealkylation sites (tertiary alicyclic amines) is 1. The largest absolute Gasteiger partial charge is 0.307 e. The van der Waals surface area contributed by atoms with Crippen molar-refractivity contribution in [2.24, 2.45) is 0 Å². The Labute approximate surface area is 171 Å². The fourth-order valence-corrected chi connectivity index (χ4v) is 3.84. The van der Waals surface area contributed by atoms with Gasteiger partial charge in [-0.15, -0.1) is 0 Å². The molecule has 0 spiro atoms. The molecule has 3 heterocycles. The predicted molar refractivity (Wildman–Crippen MR) is 114 cm³/mol. The second-order valence-electron chi connectivity index (χ2n) is 7.94. The van der Waals surface area contributed by atoms with E-state index in [-0.39, 0.29) is 5.56 Å². The Balaban J connectivity index is 1.42. The zero-order valence-electron chi connectivity index (χ0n) is 17.1. The van der Waals surface area contributed by atoms with Crippen LogP contribution in [-0.2, 0) is 19.5 Å². The van der Waals surface area contributed by atoms with Crippen LogP contribution in [0.4, 0.5) is 0 Å². The van der Waals surface area contributed by atoms with Gasteiger partial charge in [0.1, 0.15) is 5.82 Å². The molecular weight excluding hydrogens is 364 g/mol. The van der Waals surface area contributed by atoms with Crippen LogP contribution >= 0.6 is 0 Å². The highest BCUT2D eigenvalue weighted by atomic mass is 16.1. The first-order chi connectivity index (χ1) is 14.1. The van der Waals surface area contributed by atoms with Gasteiger partial charge in [-0.05, 0) is 32.1 Å². The molecule has 0 aliphatic carbocycles. The lowest BCUT2D eigenvalue weighted by atomic mass is 10.1. The quantitative estimate of drug-likeness (QED) is 0.666. The molecule has 0 saturated carbocycles. The number of aromatic nitrogens is 4. The van der Waals surface area contributed by atoms with E-state index in [1.165, 1.54) is 12.0 Å². The van der Waals surface area contributed by atoms with Crippen molar-refractivity contribution in [2.45, 2.75) is 32.0 Å². The summed E-state index contributed by atoms with van der Waals surface area (Å²) in [6, 6.07) is 12.5. The normalized spacial score (nSPS) is 17.3. The van der Waals surface area contributed by atoms with E-state index in [1.54, 1.807) is 12.3 Å². The molecule has 1 unspecified atom stereocenters. The standard InChI is InChI=1S/C22H28N6O/c1-26(2)20-9-12-27(16-20)15-17-4-6-18(7-5-17)22-24-19(14-21(29)25-22)8-13-28-11-3-10-23-28/h3-7,10-11,14,20H,8-9,12-13,15-16H2,1-2H3,(H,24,25,29). The van der Waals surface area contributed by atoms with Gasteiger partial charge in [0, 0.05) is 62.7 Å². The third kappa shape index (κ3) is 4.99. The molecule has 7 nitrogen and oxygen atoms in total. The number of aryl methyl sites for hydroxylation is 2. The smallest absolute Gasteiger partial charge is 0.251 e. The van der Waals surface area contributed by atoms with Gasteiger partial charge in [-0.1, -0.05) is 24.3 Å². The Morgan fingerprint density at radius 1 is 1.24 bits per heavy atom. The van der Waals surface area contributed by atoms with Gasteiger partial charge in [-0.2, -0.15) is 5.10 Å². The van der Waals surface area contributed by atoms with Gasteiger partial charge in [0.15, 0.2) is 0 Å². The molecule has 152 valence electrons. The van der Waals surface area contributed by atoms with Crippen molar-refractivity contribution in [3.63, 3.8) is 0 Å². The van der Waals surface area contributed by atoms with E-state index < -0.39 is 0 Å². The molecule has 3 aromatic rings. The maximum atomic E-state index is 12.1. The van der Waals surface area contributed by atoms with Crippen LogP contribution in [0.5, 0.6) is 0 Å². The van der Waals surface area contributed by atoms with Gasteiger partial charge in [-0.25, -0.2) is 4.98 Å². The molecule has 0 radical (unpaired) electrons. The zero-order valence-corrected chi connectivity index (χ0v) is 17.1. The minimum atomic E-state index is -0.124. The van der Waals surface area contributed by atoms with E-state index in [9.17, 15) is 4.79 Å². The predicted octanol–water partition coefficient (Wildman–Crippen LogP) is 2.01. The molecular formula is C22H28N6O. The highest BCUT2D eigenvalue weighted by Crippen LogP contribution is 2.19. The van der Waals surface area contributed by atoms with Gasteiger partial charge < -0.3 is 9.88 Å². The van der Waals surface area contributed by atoms with Crippen molar-refractivity contribution in [1.82, 2.24) is 29.5 Å². The lowest BCUT2D eigenvalue weighted by Crippen LogP contribution is -2.31. The van der Waals surface area contributed by atoms with Crippen LogP contribution in [0, 0.1) is 0 Å². The Morgan fingerprint density at radius 2 is 2.07 bits per heavy atom. The van der Waals surface area contributed by atoms with Crippen LogP contribution in [0.1, 0.15) is 17.7 Å². The summed E-state index contributed by atoms with van der Waals surface area (Å²) < 4.78 is 1.84. The third-order valence-corrected chi connectivity index (χ3v) is 5.56. The molecule has 0 bridgehead atoms. The summed E-state index contributed by atoms with van der Waals surface area (Å²) in [4.78, 5) is 24.4. The molecule has 2 aromatic heterocycles. The van der Waals surface area contributed by atoms with Crippen LogP contribution in [0.15, 0.2) is 53.6 Å². The van der Waals surface area contributed by atoms with E-state index in [1.807, 2.05) is 29.1 Å². The summed E-state index contributed by atoms with van der Waals surface area (Å²) in [5, 5.41) is 4.20. The van der Waals surface area contributed by atoms with Gasteiger partial charge in [0.25, 0.3) is 5.56 Å². The van der Waals surface area contributed by atoms with Crippen molar-refractivity contribution < 1.29 is 0 Å². The summed E-state index contributed by atoms with van der Waals surface area (Å²) in [6.45, 7) is 3.91. The molecule has 1 aliphatic heterocycles. The Bertz CT molecular complexity index is 977. The molecule has 1 saturated heterocycles. The van der Waals surface area contributed by atoms with E-state index in [0.717, 1.165) is 30.9 Å². The van der Waals surface area contributed by atoms with Crippen LogP contribution in [-0.4, -0.2) is 62.8 Å². The first-order valence-electron chi connectivity index (χ1n) is 10.1. The van der Waals surface area contributed by atoms with Crippen molar-refractivity contribution in [1.29, 1.82) is 0 Å². The summed E-state index contributed by atoms with van der Waals surface area (Å²) in [5.74, 6) is 0.619. The number of nitrogens with one attached hydrogen (secondary N) is 1. The summed E-state index contributed by atoms with van der Waals surface area (Å²) in [7, 11) is 4.31. The maximum Gasteiger partial charge on any atom is 0.251 e. The van der Waals surface area contributed by atoms with Crippen LogP contribution in [0.2, 0.25) is 0 Å². The fraction of sp³-hybridized carbons (Fsp3) is 0.409. The van der Waals surface area contributed by atoms with Crippen molar-refractivity contribution >= 4 is 0 Å². The minimum absolute atomic E-state index is 0.124. The first kappa shape index (κ1) is 19.5. The monoisotopic (exact) mass is 392 g/mol. The second kappa shape index (κ2) is 8.71. The van der Waals surface area contributed by atoms with E-state index in [0.29, 0.717) is 24.8 Å². The molecule has 0 amide bonds. The second-order valence-corrected chi connectivity index (χ2v) is 7.94. The van der Waals surface area contributed by atoms with Gasteiger partial charge >= 0.3 is 0 Å². The molecule has 1 fully saturated rings. The Morgan fingerprint density at radius 3 is 2.76 bits per heavy atom. The van der Waals surface area contributed by atoms with Crippen LogP contribution in [0.3, 0.4) is 0 Å². The number of benzene rings is 1. The number of nitrogens with zero attached hydrogens (tertiary/aromatic N) is 5. The van der Waals surface area contributed by atoms with Crippen LogP contribution in [0.25, 0.3) is 11.4 Å². The van der Waals surface area contributed by atoms with Gasteiger partial charge in [0.2, 0.25) is 0 Å². The number of H-pyrrole nitrogens is 1. The molecule has 1 aromatic carbocycles. The topological polar surface area (TPSA) is 70.0 Å². The molecule has 4 rings (SSSR count). The lowest BCUT2D eigenvalue weighted by Gasteiger charge is -2.20. The van der Waals surface area contributed by atoms with Crippen LogP contribution < -0.4 is 5.56 Å². The minimum Gasteiger partial charge on any atom is -0.307 e. The van der Waals surface area contributed by atoms with Crippen molar-refractivity contribution in [3.8, 4) is 11.4 Å². The SMILES string of the molecule is CN(C)C1CCN(Cc2ccc(-c3nc(CCn4cccn4)cc(=O)[nH]3)cc2)C1. The summed E-state index contributed by atoms with van der Waals surface area (Å²) >= 11 is 0. The highest BCUT2D eigenvalue weighted by molar-refractivity contribution is 5.55. The Kier molecular flexibility index (Phi) is 5.87. The number of likely N-dealkylation sites (N-methyl/N-ethyl adjacent to an activating group) is 1. The molecule has 1 atom stereocenters. The average molecular weight is 393 g/mol. The average Bonchev–Trinajstić information content (AvgIpc) is 3.39. The molecule has 7 heteroatoms. The fourth-order valence-electron chi connectivity index (χ4n) is 3.84. The van der Waals surface area contributed by atoms with Crippen molar-refractivity contribution in [3.05, 3.63) is 70.4 Å². The first-order valence-corrected chi connectivity index (χ1v) is 10.1. The van der Waals surface area contributed by atoms with Crippen molar-refractivity contribution in [2.75, 3.05) is 27.2 Å². The Hall–Kier alpha value is -2.77.